The zero-order valence-electron chi connectivity index (χ0n) is 11.8. The number of phenols is 1. The van der Waals surface area contributed by atoms with Gasteiger partial charge in [0.05, 0.1) is 12.7 Å². The summed E-state index contributed by atoms with van der Waals surface area (Å²) in [5.41, 5.74) is 1.81. The molecule has 0 saturated heterocycles. The fourth-order valence-corrected chi connectivity index (χ4v) is 1.94. The maximum absolute atomic E-state index is 9.69. The molecule has 5 nitrogen and oxygen atoms in total. The van der Waals surface area contributed by atoms with Crippen molar-refractivity contribution in [3.05, 3.63) is 53.9 Å². The van der Waals surface area contributed by atoms with E-state index in [-0.39, 0.29) is 5.75 Å². The highest BCUT2D eigenvalue weighted by Crippen LogP contribution is 2.29. The number of nitriles is 1. The van der Waals surface area contributed by atoms with Crippen LogP contribution in [0.1, 0.15) is 24.1 Å². The SMILES string of the molecule is CCOc1cc(C(C#N)NCc2ccncc2)ccc1O. The fraction of sp³-hybridized carbons (Fsp3) is 0.250. The molecule has 0 aliphatic carbocycles. The van der Waals surface area contributed by atoms with Crippen LogP contribution in [0.25, 0.3) is 0 Å². The molecule has 5 heteroatoms. The van der Waals surface area contributed by atoms with Crippen LogP contribution in [-0.2, 0) is 6.54 Å². The first kappa shape index (κ1) is 14.8. The Morgan fingerprint density at radius 3 is 2.76 bits per heavy atom. The Morgan fingerprint density at radius 1 is 1.33 bits per heavy atom. The monoisotopic (exact) mass is 283 g/mol. The zero-order valence-corrected chi connectivity index (χ0v) is 11.8. The molecule has 0 aliphatic rings. The van der Waals surface area contributed by atoms with E-state index in [0.717, 1.165) is 11.1 Å². The lowest BCUT2D eigenvalue weighted by Gasteiger charge is -2.14. The van der Waals surface area contributed by atoms with E-state index in [1.54, 1.807) is 30.6 Å². The Hall–Kier alpha value is -2.58. The summed E-state index contributed by atoms with van der Waals surface area (Å²) in [5, 5.41) is 22.2. The highest BCUT2D eigenvalue weighted by Gasteiger charge is 2.13. The van der Waals surface area contributed by atoms with Gasteiger partial charge in [0, 0.05) is 18.9 Å². The van der Waals surface area contributed by atoms with Crippen molar-refractivity contribution in [1.82, 2.24) is 10.3 Å². The number of ether oxygens (including phenoxy) is 1. The molecule has 0 fully saturated rings. The second kappa shape index (κ2) is 7.27. The van der Waals surface area contributed by atoms with Crippen LogP contribution in [0, 0.1) is 11.3 Å². The number of aromatic nitrogens is 1. The number of nitrogens with one attached hydrogen (secondary N) is 1. The lowest BCUT2D eigenvalue weighted by Crippen LogP contribution is -2.19. The Balaban J connectivity index is 2.10. The van der Waals surface area contributed by atoms with Crippen molar-refractivity contribution in [2.75, 3.05) is 6.61 Å². The third-order valence-corrected chi connectivity index (χ3v) is 3.01. The number of pyridine rings is 1. The van der Waals surface area contributed by atoms with E-state index in [0.29, 0.717) is 18.9 Å². The summed E-state index contributed by atoms with van der Waals surface area (Å²) in [6.07, 6.45) is 3.43. The second-order valence-corrected chi connectivity index (χ2v) is 4.46. The molecule has 0 aliphatic heterocycles. The molecule has 108 valence electrons. The number of phenolic OH excluding ortho intramolecular Hbond substituents is 1. The zero-order chi connectivity index (χ0) is 15.1. The van der Waals surface area contributed by atoms with Gasteiger partial charge < -0.3 is 9.84 Å². The van der Waals surface area contributed by atoms with Gasteiger partial charge in [0.2, 0.25) is 0 Å². The summed E-state index contributed by atoms with van der Waals surface area (Å²) < 4.78 is 5.34. The fourth-order valence-electron chi connectivity index (χ4n) is 1.94. The van der Waals surface area contributed by atoms with Crippen molar-refractivity contribution >= 4 is 0 Å². The van der Waals surface area contributed by atoms with Gasteiger partial charge in [0.1, 0.15) is 6.04 Å². The van der Waals surface area contributed by atoms with Gasteiger partial charge in [-0.15, -0.1) is 0 Å². The Kier molecular flexibility index (Phi) is 5.13. The molecule has 2 N–H and O–H groups in total. The van der Waals surface area contributed by atoms with Crippen molar-refractivity contribution in [3.63, 3.8) is 0 Å². The van der Waals surface area contributed by atoms with Crippen molar-refractivity contribution in [3.8, 4) is 17.6 Å². The molecule has 1 atom stereocenters. The van der Waals surface area contributed by atoms with E-state index in [1.807, 2.05) is 19.1 Å². The van der Waals surface area contributed by atoms with Crippen LogP contribution in [0.3, 0.4) is 0 Å². The molecule has 2 rings (SSSR count). The molecule has 0 radical (unpaired) electrons. The third-order valence-electron chi connectivity index (χ3n) is 3.01. The smallest absolute Gasteiger partial charge is 0.161 e. The average molecular weight is 283 g/mol. The number of hydrogen-bond donors (Lipinski definition) is 2. The van der Waals surface area contributed by atoms with E-state index >= 15 is 0 Å². The van der Waals surface area contributed by atoms with Crippen LogP contribution >= 0.6 is 0 Å². The largest absolute Gasteiger partial charge is 0.504 e. The van der Waals surface area contributed by atoms with Gasteiger partial charge >= 0.3 is 0 Å². The lowest BCUT2D eigenvalue weighted by atomic mass is 10.1. The van der Waals surface area contributed by atoms with Gasteiger partial charge in [-0.3, -0.25) is 10.3 Å². The molecule has 0 bridgehead atoms. The molecular weight excluding hydrogens is 266 g/mol. The Bertz CT molecular complexity index is 623. The predicted octanol–water partition coefficient (Wildman–Crippen LogP) is 2.54. The molecule has 1 aromatic carbocycles. The maximum Gasteiger partial charge on any atom is 0.161 e. The van der Waals surface area contributed by atoms with Gasteiger partial charge in [-0.25, -0.2) is 0 Å². The van der Waals surface area contributed by atoms with Crippen LogP contribution in [0.15, 0.2) is 42.7 Å². The number of hydrogen-bond acceptors (Lipinski definition) is 5. The molecule has 0 saturated carbocycles. The summed E-state index contributed by atoms with van der Waals surface area (Å²) >= 11 is 0. The van der Waals surface area contributed by atoms with E-state index in [2.05, 4.69) is 16.4 Å². The molecule has 21 heavy (non-hydrogen) atoms. The summed E-state index contributed by atoms with van der Waals surface area (Å²) in [5.74, 6) is 0.465. The first-order chi connectivity index (χ1) is 10.2. The van der Waals surface area contributed by atoms with E-state index < -0.39 is 6.04 Å². The van der Waals surface area contributed by atoms with E-state index in [9.17, 15) is 10.4 Å². The number of aromatic hydroxyl groups is 1. The molecule has 1 unspecified atom stereocenters. The highest BCUT2D eigenvalue weighted by molar-refractivity contribution is 5.43. The normalized spacial score (nSPS) is 11.6. The predicted molar refractivity (Wildman–Crippen MR) is 78.7 cm³/mol. The second-order valence-electron chi connectivity index (χ2n) is 4.46. The van der Waals surface area contributed by atoms with Crippen LogP contribution in [0.5, 0.6) is 11.5 Å². The third kappa shape index (κ3) is 3.94. The standard InChI is InChI=1S/C16H17N3O2/c1-2-21-16-9-13(3-4-15(16)20)14(10-17)19-11-12-5-7-18-8-6-12/h3-9,14,19-20H,2,11H2,1H3. The molecule has 2 aromatic rings. The lowest BCUT2D eigenvalue weighted by molar-refractivity contribution is 0.317. The maximum atomic E-state index is 9.69. The quantitative estimate of drug-likeness (QED) is 0.851. The number of nitrogens with zero attached hydrogens (tertiary/aromatic N) is 2. The molecular formula is C16H17N3O2. The van der Waals surface area contributed by atoms with Gasteiger partial charge in [-0.2, -0.15) is 5.26 Å². The van der Waals surface area contributed by atoms with Crippen LogP contribution < -0.4 is 10.1 Å². The summed E-state index contributed by atoms with van der Waals surface area (Å²) in [6.45, 7) is 2.86. The Labute approximate surface area is 123 Å². The van der Waals surface area contributed by atoms with Crippen molar-refractivity contribution in [2.24, 2.45) is 0 Å². The minimum Gasteiger partial charge on any atom is -0.504 e. The summed E-state index contributed by atoms with van der Waals surface area (Å²) in [7, 11) is 0. The van der Waals surface area contributed by atoms with Gasteiger partial charge in [-0.1, -0.05) is 6.07 Å². The van der Waals surface area contributed by atoms with Crippen LogP contribution in [0.4, 0.5) is 0 Å². The van der Waals surface area contributed by atoms with Gasteiger partial charge in [0.25, 0.3) is 0 Å². The van der Waals surface area contributed by atoms with Crippen molar-refractivity contribution < 1.29 is 9.84 Å². The first-order valence-corrected chi connectivity index (χ1v) is 6.72. The number of rotatable bonds is 6. The molecule has 0 amide bonds. The highest BCUT2D eigenvalue weighted by atomic mass is 16.5. The van der Waals surface area contributed by atoms with Gasteiger partial charge in [-0.05, 0) is 42.3 Å². The summed E-state index contributed by atoms with van der Waals surface area (Å²) in [6, 6.07) is 10.5. The average Bonchev–Trinajstić information content (AvgIpc) is 2.52. The minimum atomic E-state index is -0.474. The van der Waals surface area contributed by atoms with E-state index in [1.165, 1.54) is 0 Å². The van der Waals surface area contributed by atoms with Crippen LogP contribution in [0.2, 0.25) is 0 Å². The molecule has 1 aromatic heterocycles. The van der Waals surface area contributed by atoms with Crippen molar-refractivity contribution in [1.29, 1.82) is 5.26 Å². The van der Waals surface area contributed by atoms with Crippen LogP contribution in [-0.4, -0.2) is 16.7 Å². The molecule has 1 heterocycles. The van der Waals surface area contributed by atoms with E-state index in [4.69, 9.17) is 4.74 Å². The van der Waals surface area contributed by atoms with Gasteiger partial charge in [0.15, 0.2) is 11.5 Å². The van der Waals surface area contributed by atoms with Crippen molar-refractivity contribution in [2.45, 2.75) is 19.5 Å². The minimum absolute atomic E-state index is 0.0754. The first-order valence-electron chi connectivity index (χ1n) is 6.72. The number of benzene rings is 1. The molecule has 0 spiro atoms. The Morgan fingerprint density at radius 2 is 2.10 bits per heavy atom. The summed E-state index contributed by atoms with van der Waals surface area (Å²) in [4.78, 5) is 3.96. The topological polar surface area (TPSA) is 78.2 Å².